The van der Waals surface area contributed by atoms with Gasteiger partial charge in [0.25, 0.3) is 0 Å². The Morgan fingerprint density at radius 1 is 1.46 bits per heavy atom. The van der Waals surface area contributed by atoms with E-state index in [1.165, 1.54) is 0 Å². The summed E-state index contributed by atoms with van der Waals surface area (Å²) in [6, 6.07) is 1.99. The number of carbonyl (C=O) groups excluding carboxylic acids is 1. The molecular weight excluding hydrogens is 306 g/mol. The molecule has 0 atom stereocenters. The van der Waals surface area contributed by atoms with Crippen LogP contribution in [0.2, 0.25) is 0 Å². The highest BCUT2D eigenvalue weighted by Gasteiger charge is 2.10. The van der Waals surface area contributed by atoms with Crippen LogP contribution in [0.4, 0.5) is 4.79 Å². The van der Waals surface area contributed by atoms with E-state index < -0.39 is 6.09 Å². The smallest absolute Gasteiger partial charge is 0.411 e. The highest BCUT2D eigenvalue weighted by molar-refractivity contribution is 6.00. The molecule has 0 aliphatic rings. The number of aromatic nitrogens is 4. The van der Waals surface area contributed by atoms with Crippen molar-refractivity contribution in [1.29, 1.82) is 0 Å². The van der Waals surface area contributed by atoms with E-state index in [0.717, 1.165) is 22.1 Å². The van der Waals surface area contributed by atoms with Crippen LogP contribution in [0.25, 0.3) is 22.1 Å². The van der Waals surface area contributed by atoms with Crippen LogP contribution >= 0.6 is 0 Å². The van der Waals surface area contributed by atoms with Crippen LogP contribution in [0.3, 0.4) is 0 Å². The zero-order valence-corrected chi connectivity index (χ0v) is 13.9. The first-order chi connectivity index (χ1) is 11.5. The van der Waals surface area contributed by atoms with Gasteiger partial charge in [-0.25, -0.2) is 14.8 Å². The highest BCUT2D eigenvalue weighted by Crippen LogP contribution is 2.22. The van der Waals surface area contributed by atoms with E-state index in [1.807, 2.05) is 30.7 Å². The molecule has 0 saturated heterocycles. The molecule has 0 radical (unpaired) electrons. The lowest BCUT2D eigenvalue weighted by Crippen LogP contribution is -2.25. The van der Waals surface area contributed by atoms with Gasteiger partial charge in [-0.05, 0) is 12.0 Å². The lowest BCUT2D eigenvalue weighted by molar-refractivity contribution is 0.135. The molecule has 24 heavy (non-hydrogen) atoms. The molecule has 3 aromatic heterocycles. The summed E-state index contributed by atoms with van der Waals surface area (Å²) in [5.74, 6) is 0.304. The second-order valence-corrected chi connectivity index (χ2v) is 6.14. The van der Waals surface area contributed by atoms with Crippen LogP contribution in [0, 0.1) is 5.92 Å². The fraction of sp³-hybridized carbons (Fsp3) is 0.353. The molecule has 1 amide bonds. The Bertz CT molecular complexity index is 878. The molecule has 0 bridgehead atoms. The Morgan fingerprint density at radius 2 is 2.29 bits per heavy atom. The second kappa shape index (κ2) is 6.74. The fourth-order valence-electron chi connectivity index (χ4n) is 2.48. The van der Waals surface area contributed by atoms with Crippen LogP contribution in [0.1, 0.15) is 20.3 Å². The van der Waals surface area contributed by atoms with Gasteiger partial charge in [0, 0.05) is 30.2 Å². The summed E-state index contributed by atoms with van der Waals surface area (Å²) in [4.78, 5) is 23.5. The van der Waals surface area contributed by atoms with Crippen molar-refractivity contribution in [2.24, 2.45) is 5.92 Å². The molecule has 0 unspecified atom stereocenters. The van der Waals surface area contributed by atoms with Crippen molar-refractivity contribution < 1.29 is 9.53 Å². The maximum atomic E-state index is 11.6. The molecule has 7 heteroatoms. The average molecular weight is 327 g/mol. The minimum atomic E-state index is -0.457. The Morgan fingerprint density at radius 3 is 3.08 bits per heavy atom. The fourth-order valence-corrected chi connectivity index (χ4v) is 2.48. The summed E-state index contributed by atoms with van der Waals surface area (Å²) in [5.41, 5.74) is 3.32. The molecule has 7 nitrogen and oxygen atoms in total. The number of rotatable bonds is 6. The van der Waals surface area contributed by atoms with E-state index in [2.05, 4.69) is 26.8 Å². The number of H-pyrrole nitrogens is 1. The number of allylic oxidation sites excluding steroid dienone is 1. The maximum Gasteiger partial charge on any atom is 0.411 e. The zero-order valence-electron chi connectivity index (χ0n) is 13.9. The SMILES string of the molecule is C=C(CCn1cnc2cnc3[nH]ccc3c21)NC(=O)OCC(C)C. The number of nitrogens with zero attached hydrogens (tertiary/aromatic N) is 3. The predicted molar refractivity (Wildman–Crippen MR) is 92.5 cm³/mol. The van der Waals surface area contributed by atoms with Gasteiger partial charge in [-0.2, -0.15) is 0 Å². The standard InChI is InChI=1S/C17H21N5O2/c1-11(2)9-24-17(23)21-12(3)5-7-22-10-20-14-8-19-16-13(15(14)22)4-6-18-16/h4,6,8,10-11H,3,5,7,9H2,1-2H3,(H,18,19)(H,21,23). The zero-order chi connectivity index (χ0) is 17.1. The topological polar surface area (TPSA) is 84.8 Å². The van der Waals surface area contributed by atoms with E-state index in [9.17, 15) is 4.79 Å². The first kappa shape index (κ1) is 16.0. The van der Waals surface area contributed by atoms with E-state index in [1.54, 1.807) is 12.5 Å². The van der Waals surface area contributed by atoms with Gasteiger partial charge in [-0.15, -0.1) is 0 Å². The molecular formula is C17H21N5O2. The molecule has 0 spiro atoms. The summed E-state index contributed by atoms with van der Waals surface area (Å²) in [5, 5.41) is 3.70. The third-order valence-electron chi connectivity index (χ3n) is 3.64. The van der Waals surface area contributed by atoms with Crippen LogP contribution < -0.4 is 5.32 Å². The number of nitrogens with one attached hydrogen (secondary N) is 2. The van der Waals surface area contributed by atoms with Gasteiger partial charge in [0.15, 0.2) is 0 Å². The normalized spacial score (nSPS) is 11.3. The number of fused-ring (bicyclic) bond motifs is 3. The van der Waals surface area contributed by atoms with Crippen LogP contribution in [0.15, 0.2) is 37.1 Å². The van der Waals surface area contributed by atoms with Gasteiger partial charge in [0.2, 0.25) is 0 Å². The summed E-state index contributed by atoms with van der Waals surface area (Å²) < 4.78 is 7.13. The Balaban J connectivity index is 1.64. The summed E-state index contributed by atoms with van der Waals surface area (Å²) in [6.45, 7) is 8.92. The average Bonchev–Trinajstić information content (AvgIpc) is 3.16. The monoisotopic (exact) mass is 327 g/mol. The highest BCUT2D eigenvalue weighted by atomic mass is 16.5. The number of carbonyl (C=O) groups is 1. The number of amides is 1. The number of hydrogen-bond donors (Lipinski definition) is 2. The number of imidazole rings is 1. The number of pyridine rings is 1. The van der Waals surface area contributed by atoms with Gasteiger partial charge in [0.05, 0.1) is 24.6 Å². The Hall–Kier alpha value is -2.83. The second-order valence-electron chi connectivity index (χ2n) is 6.14. The summed E-state index contributed by atoms with van der Waals surface area (Å²) >= 11 is 0. The maximum absolute atomic E-state index is 11.6. The van der Waals surface area contributed by atoms with Gasteiger partial charge in [-0.3, -0.25) is 5.32 Å². The predicted octanol–water partition coefficient (Wildman–Crippen LogP) is 3.20. The molecule has 2 N–H and O–H groups in total. The minimum absolute atomic E-state index is 0.304. The van der Waals surface area contributed by atoms with Gasteiger partial charge in [-0.1, -0.05) is 20.4 Å². The minimum Gasteiger partial charge on any atom is -0.449 e. The van der Waals surface area contributed by atoms with Crippen molar-refractivity contribution in [3.63, 3.8) is 0 Å². The Labute approximate surface area is 139 Å². The first-order valence-electron chi connectivity index (χ1n) is 7.93. The molecule has 0 aliphatic heterocycles. The Kier molecular flexibility index (Phi) is 4.50. The number of aromatic amines is 1. The quantitative estimate of drug-likeness (QED) is 0.728. The van der Waals surface area contributed by atoms with E-state index in [4.69, 9.17) is 4.74 Å². The van der Waals surface area contributed by atoms with E-state index in [-0.39, 0.29) is 0 Å². The molecule has 3 rings (SSSR count). The van der Waals surface area contributed by atoms with Gasteiger partial charge < -0.3 is 14.3 Å². The van der Waals surface area contributed by atoms with Crippen LogP contribution in [0.5, 0.6) is 0 Å². The van der Waals surface area contributed by atoms with E-state index in [0.29, 0.717) is 31.2 Å². The lowest BCUT2D eigenvalue weighted by atomic mass is 10.2. The lowest BCUT2D eigenvalue weighted by Gasteiger charge is -2.11. The number of ether oxygens (including phenoxy) is 1. The van der Waals surface area contributed by atoms with Crippen molar-refractivity contribution >= 4 is 28.2 Å². The molecule has 0 saturated carbocycles. The van der Waals surface area contributed by atoms with Crippen LogP contribution in [-0.4, -0.2) is 32.2 Å². The van der Waals surface area contributed by atoms with Crippen molar-refractivity contribution in [3.8, 4) is 0 Å². The molecule has 3 heterocycles. The van der Waals surface area contributed by atoms with E-state index >= 15 is 0 Å². The summed E-state index contributed by atoms with van der Waals surface area (Å²) in [6.07, 6.45) is 5.53. The first-order valence-corrected chi connectivity index (χ1v) is 7.93. The number of alkyl carbamates (subject to hydrolysis) is 1. The molecule has 3 aromatic rings. The summed E-state index contributed by atoms with van der Waals surface area (Å²) in [7, 11) is 0. The van der Waals surface area contributed by atoms with Gasteiger partial charge >= 0.3 is 6.09 Å². The van der Waals surface area contributed by atoms with Crippen molar-refractivity contribution in [3.05, 3.63) is 37.1 Å². The molecule has 0 aromatic carbocycles. The third kappa shape index (κ3) is 3.40. The van der Waals surface area contributed by atoms with Gasteiger partial charge in [0.1, 0.15) is 11.2 Å². The number of aryl methyl sites for hydroxylation is 1. The van der Waals surface area contributed by atoms with Crippen LogP contribution in [-0.2, 0) is 11.3 Å². The number of hydrogen-bond acceptors (Lipinski definition) is 4. The largest absolute Gasteiger partial charge is 0.449 e. The third-order valence-corrected chi connectivity index (χ3v) is 3.64. The molecule has 126 valence electrons. The van der Waals surface area contributed by atoms with Crippen molar-refractivity contribution in [1.82, 2.24) is 24.8 Å². The van der Waals surface area contributed by atoms with Crippen molar-refractivity contribution in [2.75, 3.05) is 6.61 Å². The molecule has 0 aliphatic carbocycles. The molecule has 0 fully saturated rings. The van der Waals surface area contributed by atoms with Crippen molar-refractivity contribution in [2.45, 2.75) is 26.8 Å².